The summed E-state index contributed by atoms with van der Waals surface area (Å²) in [5.41, 5.74) is 1.83. The number of hydrogen-bond acceptors (Lipinski definition) is 7. The minimum atomic E-state index is -1.99. The van der Waals surface area contributed by atoms with Gasteiger partial charge in [-0.3, -0.25) is 0 Å². The fraction of sp³-hybridized carbons (Fsp3) is 0.938. The van der Waals surface area contributed by atoms with Crippen molar-refractivity contribution in [2.75, 3.05) is 20.8 Å². The van der Waals surface area contributed by atoms with Gasteiger partial charge in [0.1, 0.15) is 25.5 Å². The molecule has 42 heavy (non-hydrogen) atoms. The van der Waals surface area contributed by atoms with Crippen molar-refractivity contribution in [3.05, 3.63) is 0 Å². The van der Waals surface area contributed by atoms with Crippen LogP contribution in [0.25, 0.3) is 0 Å². The van der Waals surface area contributed by atoms with E-state index >= 15 is 0 Å². The monoisotopic (exact) mass is 638 g/mol. The summed E-state index contributed by atoms with van der Waals surface area (Å²) in [4.78, 5) is 10.8. The Bertz CT molecular complexity index is 1030. The molecule has 4 aliphatic rings. The minimum Gasteiger partial charge on any atom is -0.414 e. The van der Waals surface area contributed by atoms with E-state index in [-0.39, 0.29) is 16.9 Å². The second kappa shape index (κ2) is 12.0. The van der Waals surface area contributed by atoms with Crippen LogP contribution in [0, 0.1) is 34.5 Å². The molecule has 4 fully saturated rings. The summed E-state index contributed by atoms with van der Waals surface area (Å²) < 4.78 is 21.4. The lowest BCUT2D eigenvalue weighted by Gasteiger charge is -2.64. The van der Waals surface area contributed by atoms with Crippen molar-refractivity contribution >= 4 is 36.4 Å². The van der Waals surface area contributed by atoms with Gasteiger partial charge in [-0.05, 0) is 139 Å². The lowest BCUT2D eigenvalue weighted by molar-refractivity contribution is -0.171. The Morgan fingerprint density at radius 2 is 1.55 bits per heavy atom. The molecule has 0 bridgehead atoms. The molecule has 0 aromatic heterocycles. The highest BCUT2D eigenvalue weighted by Crippen LogP contribution is 2.70. The van der Waals surface area contributed by atoms with Gasteiger partial charge in [-0.25, -0.2) is 0 Å². The Morgan fingerprint density at radius 1 is 0.857 bits per heavy atom. The summed E-state index contributed by atoms with van der Waals surface area (Å²) in [6.07, 6.45) is 9.13. The average molecular weight is 639 g/mol. The van der Waals surface area contributed by atoms with Crippen LogP contribution in [0.1, 0.15) is 65.2 Å². The van der Waals surface area contributed by atoms with Crippen LogP contribution in [0.5, 0.6) is 0 Å². The van der Waals surface area contributed by atoms with E-state index in [0.29, 0.717) is 30.3 Å². The quantitative estimate of drug-likeness (QED) is 0.137. The summed E-state index contributed by atoms with van der Waals surface area (Å²) >= 11 is 0. The Balaban J connectivity index is 1.82. The molecular formula is C32H62N2O5Si3. The molecule has 0 aromatic carbocycles. The molecule has 0 saturated heterocycles. The van der Waals surface area contributed by atoms with Crippen molar-refractivity contribution in [3.63, 3.8) is 0 Å². The Kier molecular flexibility index (Phi) is 9.82. The van der Waals surface area contributed by atoms with Gasteiger partial charge in [0, 0.05) is 11.5 Å². The molecule has 0 aromatic rings. The molecule has 242 valence electrons. The van der Waals surface area contributed by atoms with Crippen LogP contribution in [0.2, 0.25) is 58.9 Å². The third kappa shape index (κ3) is 6.69. The first-order valence-corrected chi connectivity index (χ1v) is 26.7. The third-order valence-electron chi connectivity index (χ3n) is 11.0. The van der Waals surface area contributed by atoms with Crippen LogP contribution >= 0.6 is 0 Å². The Morgan fingerprint density at radius 3 is 2.12 bits per heavy atom. The molecule has 0 amide bonds. The van der Waals surface area contributed by atoms with Crippen molar-refractivity contribution < 1.29 is 23.0 Å². The van der Waals surface area contributed by atoms with Crippen LogP contribution in [-0.4, -0.2) is 68.9 Å². The van der Waals surface area contributed by atoms with Crippen LogP contribution < -0.4 is 0 Å². The standard InChI is InChI=1S/C32H62N2O5Si3/c1-30-18-16-24(33-35-3)20-23(30)14-15-25-26-17-19-32(39-42(11,12)13,28(34-36-4)22-37-40(5,6)7)31(26,2)21-27(29(25)30)38-41(8,9)10/h23,25-27,29H,14-22H2,1-13H3/b33-24+,34-28+/t23-,25+,26+,27+,29-,30+,31+,32+/m1/s1. The molecule has 0 N–H and O–H groups in total. The number of oxime groups is 2. The predicted molar refractivity (Wildman–Crippen MR) is 181 cm³/mol. The molecule has 0 aliphatic heterocycles. The molecule has 4 rings (SSSR count). The van der Waals surface area contributed by atoms with Gasteiger partial charge in [-0.15, -0.1) is 0 Å². The van der Waals surface area contributed by atoms with Gasteiger partial charge in [0.25, 0.3) is 0 Å². The number of nitrogens with zero attached hydrogens (tertiary/aromatic N) is 2. The molecule has 0 spiro atoms. The van der Waals surface area contributed by atoms with Gasteiger partial charge in [0.15, 0.2) is 25.0 Å². The van der Waals surface area contributed by atoms with E-state index in [9.17, 15) is 0 Å². The SMILES string of the molecule is CO/N=C1\CC[C@@]2(C)[C@H](CC[C@@H]3[C@@H]2[C@@H](O[Si](C)(C)C)C[C@@]2(C)[C@H]3CC[C@]2(O[Si](C)(C)C)/C(CO[Si](C)(C)C)=N/OC)C1. The van der Waals surface area contributed by atoms with Gasteiger partial charge < -0.3 is 23.0 Å². The summed E-state index contributed by atoms with van der Waals surface area (Å²) in [5, 5.41) is 9.19. The summed E-state index contributed by atoms with van der Waals surface area (Å²) in [6, 6.07) is 0. The maximum absolute atomic E-state index is 7.46. The highest BCUT2D eigenvalue weighted by molar-refractivity contribution is 6.70. The molecule has 0 unspecified atom stereocenters. The molecule has 8 atom stereocenters. The van der Waals surface area contributed by atoms with Crippen LogP contribution in [0.15, 0.2) is 10.3 Å². The number of fused-ring (bicyclic) bond motifs is 5. The highest BCUT2D eigenvalue weighted by Gasteiger charge is 2.70. The van der Waals surface area contributed by atoms with Gasteiger partial charge >= 0.3 is 0 Å². The lowest BCUT2D eigenvalue weighted by atomic mass is 9.43. The number of rotatable bonds is 10. The Labute approximate surface area is 260 Å². The van der Waals surface area contributed by atoms with Crippen molar-refractivity contribution in [1.82, 2.24) is 0 Å². The highest BCUT2D eigenvalue weighted by atomic mass is 28.4. The molecule has 10 heteroatoms. The second-order valence-corrected chi connectivity index (χ2v) is 30.6. The predicted octanol–water partition coefficient (Wildman–Crippen LogP) is 8.31. The zero-order chi connectivity index (χ0) is 31.4. The van der Waals surface area contributed by atoms with Gasteiger partial charge in [0.2, 0.25) is 0 Å². The van der Waals surface area contributed by atoms with E-state index in [1.54, 1.807) is 14.2 Å². The zero-order valence-corrected chi connectivity index (χ0v) is 32.2. The first-order valence-electron chi connectivity index (χ1n) is 16.5. The average Bonchev–Trinajstić information content (AvgIpc) is 3.11. The van der Waals surface area contributed by atoms with Crippen molar-refractivity contribution in [1.29, 1.82) is 0 Å². The van der Waals surface area contributed by atoms with E-state index in [1.807, 2.05) is 0 Å². The van der Waals surface area contributed by atoms with Crippen molar-refractivity contribution in [2.45, 2.75) is 136 Å². The van der Waals surface area contributed by atoms with E-state index in [1.165, 1.54) is 25.0 Å². The van der Waals surface area contributed by atoms with Crippen molar-refractivity contribution in [2.24, 2.45) is 44.8 Å². The van der Waals surface area contributed by atoms with Gasteiger partial charge in [-0.2, -0.15) is 0 Å². The second-order valence-electron chi connectivity index (χ2n) is 17.2. The van der Waals surface area contributed by atoms with E-state index in [4.69, 9.17) is 28.1 Å². The largest absolute Gasteiger partial charge is 0.414 e. The van der Waals surface area contributed by atoms with Crippen LogP contribution in [0.3, 0.4) is 0 Å². The summed E-state index contributed by atoms with van der Waals surface area (Å²) in [6.45, 7) is 26.4. The summed E-state index contributed by atoms with van der Waals surface area (Å²) in [5.74, 6) is 2.36. The molecule has 7 nitrogen and oxygen atoms in total. The fourth-order valence-electron chi connectivity index (χ4n) is 9.75. The lowest BCUT2D eigenvalue weighted by Crippen LogP contribution is -2.66. The molecule has 0 heterocycles. The maximum atomic E-state index is 7.46. The van der Waals surface area contributed by atoms with E-state index in [0.717, 1.165) is 37.8 Å². The smallest absolute Gasteiger partial charge is 0.185 e. The third-order valence-corrected chi connectivity index (χ3v) is 14.0. The fourth-order valence-corrected chi connectivity index (χ4v) is 13.0. The molecule has 4 aliphatic carbocycles. The van der Waals surface area contributed by atoms with E-state index < -0.39 is 30.6 Å². The molecule has 4 saturated carbocycles. The maximum Gasteiger partial charge on any atom is 0.185 e. The topological polar surface area (TPSA) is 70.9 Å². The number of hydrogen-bond donors (Lipinski definition) is 0. The molecule has 0 radical (unpaired) electrons. The normalized spacial score (nSPS) is 40.4. The van der Waals surface area contributed by atoms with Gasteiger partial charge in [-0.1, -0.05) is 24.2 Å². The van der Waals surface area contributed by atoms with Crippen LogP contribution in [0.4, 0.5) is 0 Å². The van der Waals surface area contributed by atoms with Crippen LogP contribution in [-0.2, 0) is 23.0 Å². The van der Waals surface area contributed by atoms with Crippen molar-refractivity contribution in [3.8, 4) is 0 Å². The van der Waals surface area contributed by atoms with E-state index in [2.05, 4.69) is 77.9 Å². The molecular weight excluding hydrogens is 577 g/mol. The summed E-state index contributed by atoms with van der Waals surface area (Å²) in [7, 11) is -2.27. The van der Waals surface area contributed by atoms with Gasteiger partial charge in [0.05, 0.1) is 12.3 Å². The minimum absolute atomic E-state index is 0.112. The Hall–Kier alpha value is -0.529. The first kappa shape index (κ1) is 34.3. The zero-order valence-electron chi connectivity index (χ0n) is 29.2. The first-order chi connectivity index (χ1) is 19.3.